The van der Waals surface area contributed by atoms with E-state index in [9.17, 15) is 19.7 Å². The van der Waals surface area contributed by atoms with Gasteiger partial charge in [0, 0.05) is 28.8 Å². The number of carbonyl (C=O) groups is 2. The summed E-state index contributed by atoms with van der Waals surface area (Å²) in [5, 5.41) is 10.7. The van der Waals surface area contributed by atoms with Crippen molar-refractivity contribution in [2.24, 2.45) is 0 Å². The van der Waals surface area contributed by atoms with Gasteiger partial charge in [0.25, 0.3) is 5.69 Å². The number of para-hydroxylation sites is 1. The highest BCUT2D eigenvalue weighted by atomic mass is 32.2. The molecule has 0 saturated carbocycles. The van der Waals surface area contributed by atoms with E-state index >= 15 is 0 Å². The molecule has 0 N–H and O–H groups in total. The number of fused-ring (bicyclic) bond motifs is 1. The quantitative estimate of drug-likeness (QED) is 0.469. The van der Waals surface area contributed by atoms with Crippen LogP contribution < -0.4 is 4.90 Å². The van der Waals surface area contributed by atoms with Crippen LogP contribution in [0.1, 0.15) is 10.4 Å². The van der Waals surface area contributed by atoms with Crippen molar-refractivity contribution >= 4 is 35.0 Å². The van der Waals surface area contributed by atoms with Gasteiger partial charge in [-0.3, -0.25) is 19.8 Å². The molecule has 0 atom stereocenters. The van der Waals surface area contributed by atoms with Crippen molar-refractivity contribution in [2.75, 3.05) is 12.0 Å². The van der Waals surface area contributed by atoms with Gasteiger partial charge < -0.3 is 4.74 Å². The molecule has 0 aromatic heterocycles. The van der Waals surface area contributed by atoms with Gasteiger partial charge in [0.05, 0.1) is 22.6 Å². The largest absolute Gasteiger partial charge is 0.452 e. The van der Waals surface area contributed by atoms with Crippen molar-refractivity contribution in [2.45, 2.75) is 4.90 Å². The van der Waals surface area contributed by atoms with Gasteiger partial charge in [-0.15, -0.1) is 0 Å². The molecule has 0 radical (unpaired) electrons. The molecule has 0 saturated heterocycles. The number of nitrogens with zero attached hydrogens (tertiary/aromatic N) is 2. The van der Waals surface area contributed by atoms with Crippen LogP contribution in [0.25, 0.3) is 0 Å². The Bertz CT molecular complexity index is 892. The molecule has 1 heterocycles. The number of allylic oxidation sites excluding steroid dienone is 1. The van der Waals surface area contributed by atoms with E-state index in [0.717, 1.165) is 4.90 Å². The first kappa shape index (κ1) is 16.7. The third kappa shape index (κ3) is 3.24. The number of carbonyl (C=O) groups excluding carboxylic acids is 2. The van der Waals surface area contributed by atoms with Gasteiger partial charge in [0.1, 0.15) is 0 Å². The summed E-state index contributed by atoms with van der Waals surface area (Å²) in [6.07, 6.45) is 0.810. The van der Waals surface area contributed by atoms with Crippen LogP contribution in [0, 0.1) is 10.1 Å². The van der Waals surface area contributed by atoms with Gasteiger partial charge in [-0.2, -0.15) is 0 Å². The lowest BCUT2D eigenvalue weighted by Gasteiger charge is -2.25. The summed E-state index contributed by atoms with van der Waals surface area (Å²) in [5.41, 5.74) is 0.830. The average Bonchev–Trinajstić information content (AvgIpc) is 2.65. The normalized spacial score (nSPS) is 12.8. The summed E-state index contributed by atoms with van der Waals surface area (Å²) in [6.45, 7) is 0. The molecule has 1 aliphatic heterocycles. The number of methoxy groups -OCH3 is 1. The van der Waals surface area contributed by atoms with Crippen LogP contribution in [0.3, 0.4) is 0 Å². The first-order valence-corrected chi connectivity index (χ1v) is 7.98. The molecule has 0 fully saturated rings. The third-order valence-corrected chi connectivity index (χ3v) is 4.60. The zero-order valence-corrected chi connectivity index (χ0v) is 13.9. The van der Waals surface area contributed by atoms with Gasteiger partial charge in [0.15, 0.2) is 0 Å². The zero-order valence-electron chi connectivity index (χ0n) is 13.0. The van der Waals surface area contributed by atoms with Crippen LogP contribution in [0.5, 0.6) is 0 Å². The van der Waals surface area contributed by atoms with Crippen LogP contribution in [0.2, 0.25) is 0 Å². The molecule has 0 bridgehead atoms. The maximum absolute atomic E-state index is 12.7. The van der Waals surface area contributed by atoms with Crippen molar-refractivity contribution in [3.63, 3.8) is 0 Å². The van der Waals surface area contributed by atoms with E-state index in [2.05, 4.69) is 0 Å². The second-order valence-electron chi connectivity index (χ2n) is 5.04. The van der Waals surface area contributed by atoms with E-state index in [1.165, 1.54) is 54.2 Å². The van der Waals surface area contributed by atoms with Crippen molar-refractivity contribution in [1.29, 1.82) is 0 Å². The number of Topliss-reactive ketones (excluding diaryl/α,β-unsaturated/α-hetero) is 1. The summed E-state index contributed by atoms with van der Waals surface area (Å²) < 4.78 is 4.77. The van der Waals surface area contributed by atoms with Crippen LogP contribution in [0.15, 0.2) is 64.5 Å². The van der Waals surface area contributed by atoms with Crippen molar-refractivity contribution in [3.05, 3.63) is 75.3 Å². The Morgan fingerprint density at radius 3 is 2.44 bits per heavy atom. The zero-order chi connectivity index (χ0) is 18.0. The fourth-order valence-electron chi connectivity index (χ4n) is 2.31. The standard InChI is InChI=1S/C17H12N2O5S/c1-24-17(21)18-10-15(25-14-5-3-2-4-13(14)18)16(20)11-6-8-12(9-7-11)19(22)23/h2-10H,1H3. The summed E-state index contributed by atoms with van der Waals surface area (Å²) in [7, 11) is 1.26. The molecular weight excluding hydrogens is 344 g/mol. The van der Waals surface area contributed by atoms with E-state index in [-0.39, 0.29) is 11.5 Å². The smallest absolute Gasteiger partial charge is 0.418 e. The summed E-state index contributed by atoms with van der Waals surface area (Å²) >= 11 is 1.23. The van der Waals surface area contributed by atoms with Gasteiger partial charge in [-0.25, -0.2) is 4.79 Å². The number of benzene rings is 2. The van der Waals surface area contributed by atoms with E-state index in [0.29, 0.717) is 16.2 Å². The first-order valence-electron chi connectivity index (χ1n) is 7.16. The number of nitro benzene ring substituents is 1. The van der Waals surface area contributed by atoms with E-state index in [1.807, 2.05) is 0 Å². The number of hydrogen-bond acceptors (Lipinski definition) is 6. The van der Waals surface area contributed by atoms with E-state index < -0.39 is 11.0 Å². The second kappa shape index (κ2) is 6.78. The molecule has 1 amide bonds. The fraction of sp³-hybridized carbons (Fsp3) is 0.0588. The predicted molar refractivity (Wildman–Crippen MR) is 92.7 cm³/mol. The Labute approximate surface area is 147 Å². The fourth-order valence-corrected chi connectivity index (χ4v) is 3.33. The Balaban J connectivity index is 1.96. The van der Waals surface area contributed by atoms with Crippen molar-refractivity contribution < 1.29 is 19.2 Å². The van der Waals surface area contributed by atoms with Crippen LogP contribution in [0.4, 0.5) is 16.2 Å². The molecule has 0 aliphatic carbocycles. The molecule has 25 heavy (non-hydrogen) atoms. The Morgan fingerprint density at radius 2 is 1.80 bits per heavy atom. The highest BCUT2D eigenvalue weighted by Crippen LogP contribution is 2.41. The second-order valence-corrected chi connectivity index (χ2v) is 6.12. The molecule has 7 nitrogen and oxygen atoms in total. The molecule has 2 aromatic rings. The minimum atomic E-state index is -0.609. The van der Waals surface area contributed by atoms with Crippen molar-refractivity contribution in [1.82, 2.24) is 0 Å². The highest BCUT2D eigenvalue weighted by Gasteiger charge is 2.27. The molecule has 126 valence electrons. The van der Waals surface area contributed by atoms with Crippen molar-refractivity contribution in [3.8, 4) is 0 Å². The Hall–Kier alpha value is -3.13. The number of anilines is 1. The van der Waals surface area contributed by atoms with E-state index in [1.54, 1.807) is 24.3 Å². The SMILES string of the molecule is COC(=O)N1C=C(C(=O)c2ccc([N+](=O)[O-])cc2)Sc2ccccc21. The number of non-ortho nitro benzene ring substituents is 1. The number of thioether (sulfide) groups is 1. The first-order chi connectivity index (χ1) is 12.0. The van der Waals surface area contributed by atoms with Crippen LogP contribution >= 0.6 is 11.8 Å². The number of hydrogen-bond donors (Lipinski definition) is 0. The lowest BCUT2D eigenvalue weighted by atomic mass is 10.1. The van der Waals surface area contributed by atoms with Gasteiger partial charge in [0.2, 0.25) is 5.78 Å². The summed E-state index contributed by atoms with van der Waals surface area (Å²) in [5.74, 6) is -0.330. The molecule has 2 aromatic carbocycles. The minimum Gasteiger partial charge on any atom is -0.452 e. The van der Waals surface area contributed by atoms with Gasteiger partial charge >= 0.3 is 6.09 Å². The molecule has 8 heteroatoms. The minimum absolute atomic E-state index is 0.0941. The van der Waals surface area contributed by atoms with Crippen LogP contribution in [-0.4, -0.2) is 23.9 Å². The Morgan fingerprint density at radius 1 is 1.12 bits per heavy atom. The summed E-state index contributed by atoms with van der Waals surface area (Å²) in [4.78, 5) is 37.2. The molecule has 0 spiro atoms. The molecule has 3 rings (SSSR count). The molecule has 1 aliphatic rings. The number of ether oxygens (including phenoxy) is 1. The lowest BCUT2D eigenvalue weighted by Crippen LogP contribution is -2.28. The van der Waals surface area contributed by atoms with Gasteiger partial charge in [-0.1, -0.05) is 23.9 Å². The predicted octanol–water partition coefficient (Wildman–Crippen LogP) is 4.00. The third-order valence-electron chi connectivity index (χ3n) is 3.53. The summed E-state index contributed by atoms with van der Waals surface area (Å²) in [6, 6.07) is 12.5. The average molecular weight is 356 g/mol. The molecular formula is C17H12N2O5S. The molecule has 0 unspecified atom stereocenters. The Kier molecular flexibility index (Phi) is 4.53. The number of rotatable bonds is 3. The number of amides is 1. The monoisotopic (exact) mass is 356 g/mol. The number of ketones is 1. The van der Waals surface area contributed by atoms with E-state index in [4.69, 9.17) is 4.74 Å². The maximum atomic E-state index is 12.7. The lowest BCUT2D eigenvalue weighted by molar-refractivity contribution is -0.384. The number of nitro groups is 1. The maximum Gasteiger partial charge on any atom is 0.418 e. The van der Waals surface area contributed by atoms with Crippen LogP contribution in [-0.2, 0) is 4.74 Å². The highest BCUT2D eigenvalue weighted by molar-refractivity contribution is 8.04. The topological polar surface area (TPSA) is 89.8 Å². The van der Waals surface area contributed by atoms with Gasteiger partial charge in [-0.05, 0) is 24.3 Å².